The van der Waals surface area contributed by atoms with E-state index < -0.39 is 0 Å². The largest absolute Gasteiger partial charge is 0.359 e. The first-order valence-corrected chi connectivity index (χ1v) is 8.92. The molecule has 1 amide bonds. The van der Waals surface area contributed by atoms with E-state index in [0.717, 1.165) is 11.1 Å². The highest BCUT2D eigenvalue weighted by atomic mass is 16.5. The number of amides is 1. The SMILES string of the molecule is CC(C)(C)c1cc(NC(=O)COC(c2ccccc2)c2ccccc2)no1. The van der Waals surface area contributed by atoms with Gasteiger partial charge in [-0.25, -0.2) is 0 Å². The van der Waals surface area contributed by atoms with Crippen molar-refractivity contribution in [1.82, 2.24) is 5.16 Å². The predicted octanol–water partition coefficient (Wildman–Crippen LogP) is 4.72. The topological polar surface area (TPSA) is 64.4 Å². The van der Waals surface area contributed by atoms with Gasteiger partial charge in [-0.15, -0.1) is 0 Å². The molecule has 0 aliphatic carbocycles. The number of ether oxygens (including phenoxy) is 1. The van der Waals surface area contributed by atoms with Crippen LogP contribution >= 0.6 is 0 Å². The van der Waals surface area contributed by atoms with Gasteiger partial charge >= 0.3 is 0 Å². The highest BCUT2D eigenvalue weighted by Gasteiger charge is 2.21. The monoisotopic (exact) mass is 364 g/mol. The minimum atomic E-state index is -0.319. The van der Waals surface area contributed by atoms with Crippen LogP contribution in [0.4, 0.5) is 5.82 Å². The maximum absolute atomic E-state index is 12.3. The van der Waals surface area contributed by atoms with E-state index in [1.807, 2.05) is 81.4 Å². The summed E-state index contributed by atoms with van der Waals surface area (Å²) in [4.78, 5) is 12.3. The number of nitrogens with zero attached hydrogens (tertiary/aromatic N) is 1. The molecule has 0 aliphatic rings. The molecule has 0 atom stereocenters. The third kappa shape index (κ3) is 5.05. The first kappa shape index (κ1) is 18.9. The zero-order chi connectivity index (χ0) is 19.3. The minimum absolute atomic E-state index is 0.0911. The average Bonchev–Trinajstić information content (AvgIpc) is 3.12. The molecule has 140 valence electrons. The zero-order valence-corrected chi connectivity index (χ0v) is 15.8. The summed E-state index contributed by atoms with van der Waals surface area (Å²) in [6.07, 6.45) is -0.319. The van der Waals surface area contributed by atoms with Gasteiger partial charge in [-0.2, -0.15) is 0 Å². The van der Waals surface area contributed by atoms with Gasteiger partial charge in [-0.05, 0) is 11.1 Å². The number of nitrogens with one attached hydrogen (secondary N) is 1. The van der Waals surface area contributed by atoms with Gasteiger partial charge < -0.3 is 14.6 Å². The number of rotatable bonds is 6. The van der Waals surface area contributed by atoms with Crippen molar-refractivity contribution in [3.05, 3.63) is 83.6 Å². The fourth-order valence-corrected chi connectivity index (χ4v) is 2.67. The van der Waals surface area contributed by atoms with Crippen LogP contribution in [0.15, 0.2) is 71.3 Å². The first-order valence-electron chi connectivity index (χ1n) is 8.92. The molecule has 3 aromatic rings. The van der Waals surface area contributed by atoms with Crippen LogP contribution < -0.4 is 5.32 Å². The Morgan fingerprint density at radius 2 is 1.59 bits per heavy atom. The molecular weight excluding hydrogens is 340 g/mol. The van der Waals surface area contributed by atoms with Crippen LogP contribution in [0.5, 0.6) is 0 Å². The maximum Gasteiger partial charge on any atom is 0.251 e. The van der Waals surface area contributed by atoms with E-state index in [9.17, 15) is 4.79 Å². The number of carbonyl (C=O) groups is 1. The summed E-state index contributed by atoms with van der Waals surface area (Å²) in [5.41, 5.74) is 1.82. The van der Waals surface area contributed by atoms with Crippen LogP contribution in [-0.4, -0.2) is 17.7 Å². The standard InChI is InChI=1S/C22H24N2O3/c1-22(2,3)18-14-19(24-27-18)23-20(25)15-26-21(16-10-6-4-7-11-16)17-12-8-5-9-13-17/h4-14,21H,15H2,1-3H3,(H,23,24,25). The van der Waals surface area contributed by atoms with Crippen molar-refractivity contribution in [2.24, 2.45) is 0 Å². The smallest absolute Gasteiger partial charge is 0.251 e. The van der Waals surface area contributed by atoms with Gasteiger partial charge in [0.25, 0.3) is 5.91 Å². The van der Waals surface area contributed by atoms with E-state index in [2.05, 4.69) is 10.5 Å². The van der Waals surface area contributed by atoms with E-state index in [1.165, 1.54) is 0 Å². The molecule has 27 heavy (non-hydrogen) atoms. The molecule has 0 saturated carbocycles. The molecule has 3 rings (SSSR count). The van der Waals surface area contributed by atoms with Crippen LogP contribution in [0, 0.1) is 0 Å². The van der Waals surface area contributed by atoms with Gasteiger partial charge in [0.1, 0.15) is 18.5 Å². The zero-order valence-electron chi connectivity index (χ0n) is 15.8. The van der Waals surface area contributed by atoms with E-state index in [0.29, 0.717) is 11.6 Å². The van der Waals surface area contributed by atoms with Crippen molar-refractivity contribution in [3.8, 4) is 0 Å². The van der Waals surface area contributed by atoms with Gasteiger partial charge in [0.15, 0.2) is 5.82 Å². The van der Waals surface area contributed by atoms with Crippen LogP contribution in [-0.2, 0) is 14.9 Å². The lowest BCUT2D eigenvalue weighted by molar-refractivity contribution is -0.122. The van der Waals surface area contributed by atoms with Gasteiger partial charge in [0.2, 0.25) is 0 Å². The Morgan fingerprint density at radius 1 is 1.04 bits per heavy atom. The molecule has 1 aromatic heterocycles. The molecule has 0 unspecified atom stereocenters. The van der Waals surface area contributed by atoms with Crippen molar-refractivity contribution in [1.29, 1.82) is 0 Å². The summed E-state index contributed by atoms with van der Waals surface area (Å²) in [6.45, 7) is 5.97. The lowest BCUT2D eigenvalue weighted by Crippen LogP contribution is -2.21. The molecule has 5 nitrogen and oxygen atoms in total. The number of hydrogen-bond donors (Lipinski definition) is 1. The van der Waals surface area contributed by atoms with Gasteiger partial charge in [-0.3, -0.25) is 4.79 Å². The molecule has 0 radical (unpaired) electrons. The normalized spacial score (nSPS) is 11.6. The number of carbonyl (C=O) groups excluding carboxylic acids is 1. The Labute approximate surface area is 159 Å². The highest BCUT2D eigenvalue weighted by molar-refractivity contribution is 5.90. The number of benzene rings is 2. The van der Waals surface area contributed by atoms with Crippen LogP contribution in [0.3, 0.4) is 0 Å². The summed E-state index contributed by atoms with van der Waals surface area (Å²) in [5.74, 6) is 0.829. The summed E-state index contributed by atoms with van der Waals surface area (Å²) in [5, 5.41) is 6.63. The maximum atomic E-state index is 12.3. The quantitative estimate of drug-likeness (QED) is 0.687. The summed E-state index contributed by atoms with van der Waals surface area (Å²) >= 11 is 0. The number of aromatic nitrogens is 1. The Hall–Kier alpha value is -2.92. The fraction of sp³-hybridized carbons (Fsp3) is 0.273. The van der Waals surface area contributed by atoms with Crippen molar-refractivity contribution in [2.45, 2.75) is 32.3 Å². The van der Waals surface area contributed by atoms with Crippen LogP contribution in [0.2, 0.25) is 0 Å². The van der Waals surface area contributed by atoms with Crippen LogP contribution in [0.25, 0.3) is 0 Å². The Balaban J connectivity index is 1.67. The van der Waals surface area contributed by atoms with E-state index in [-0.39, 0.29) is 24.0 Å². The Morgan fingerprint density at radius 3 is 2.07 bits per heavy atom. The molecule has 0 spiro atoms. The summed E-state index contributed by atoms with van der Waals surface area (Å²) in [7, 11) is 0. The molecule has 5 heteroatoms. The lowest BCUT2D eigenvalue weighted by Gasteiger charge is -2.18. The molecule has 1 N–H and O–H groups in total. The number of hydrogen-bond acceptors (Lipinski definition) is 4. The summed E-state index contributed by atoms with van der Waals surface area (Å²) in [6, 6.07) is 21.4. The van der Waals surface area contributed by atoms with Gasteiger partial charge in [-0.1, -0.05) is 86.6 Å². The first-order chi connectivity index (χ1) is 12.9. The second-order valence-corrected chi connectivity index (χ2v) is 7.39. The van der Waals surface area contributed by atoms with Gasteiger partial charge in [0.05, 0.1) is 0 Å². The van der Waals surface area contributed by atoms with Crippen LogP contribution in [0.1, 0.15) is 43.8 Å². The second kappa shape index (κ2) is 8.18. The molecular formula is C22H24N2O3. The Bertz CT molecular complexity index is 828. The van der Waals surface area contributed by atoms with Crippen molar-refractivity contribution >= 4 is 11.7 Å². The lowest BCUT2D eigenvalue weighted by atomic mass is 9.93. The van der Waals surface area contributed by atoms with Crippen molar-refractivity contribution in [3.63, 3.8) is 0 Å². The van der Waals surface area contributed by atoms with E-state index in [4.69, 9.17) is 9.26 Å². The third-order valence-corrected chi connectivity index (χ3v) is 4.10. The predicted molar refractivity (Wildman–Crippen MR) is 105 cm³/mol. The molecule has 0 bridgehead atoms. The van der Waals surface area contributed by atoms with Crippen molar-refractivity contribution in [2.75, 3.05) is 11.9 Å². The number of anilines is 1. The molecule has 0 saturated heterocycles. The highest BCUT2D eigenvalue weighted by Crippen LogP contribution is 2.26. The molecule has 1 heterocycles. The van der Waals surface area contributed by atoms with Gasteiger partial charge in [0, 0.05) is 11.5 Å². The average molecular weight is 364 g/mol. The minimum Gasteiger partial charge on any atom is -0.359 e. The van der Waals surface area contributed by atoms with E-state index >= 15 is 0 Å². The summed E-state index contributed by atoms with van der Waals surface area (Å²) < 4.78 is 11.2. The molecule has 0 fully saturated rings. The Kier molecular flexibility index (Phi) is 5.72. The third-order valence-electron chi connectivity index (χ3n) is 4.10. The van der Waals surface area contributed by atoms with E-state index in [1.54, 1.807) is 6.07 Å². The second-order valence-electron chi connectivity index (χ2n) is 7.39. The van der Waals surface area contributed by atoms with Crippen molar-refractivity contribution < 1.29 is 14.1 Å². The fourth-order valence-electron chi connectivity index (χ4n) is 2.67. The molecule has 2 aromatic carbocycles. The molecule has 0 aliphatic heterocycles.